The summed E-state index contributed by atoms with van der Waals surface area (Å²) in [6, 6.07) is 8.00. The molecule has 0 saturated carbocycles. The minimum atomic E-state index is 0.00984. The number of carbonyl (C=O) groups is 1. The Morgan fingerprint density at radius 1 is 1.13 bits per heavy atom. The first kappa shape index (κ1) is 15.4. The first-order chi connectivity index (χ1) is 11.1. The minimum absolute atomic E-state index is 0.00984. The molecule has 0 unspecified atom stereocenters. The van der Waals surface area contributed by atoms with Gasteiger partial charge in [0.05, 0.1) is 12.8 Å². The van der Waals surface area contributed by atoms with E-state index in [1.165, 1.54) is 0 Å². The molecule has 122 valence electrons. The van der Waals surface area contributed by atoms with E-state index in [2.05, 4.69) is 10.1 Å². The number of amides is 1. The number of aromatic nitrogens is 1. The summed E-state index contributed by atoms with van der Waals surface area (Å²) in [7, 11) is 1.66. The molecular formula is C17H21N3O3. The van der Waals surface area contributed by atoms with Crippen molar-refractivity contribution < 1.29 is 14.1 Å². The average Bonchev–Trinajstić information content (AvgIpc) is 2.93. The van der Waals surface area contributed by atoms with Crippen molar-refractivity contribution in [3.63, 3.8) is 0 Å². The summed E-state index contributed by atoms with van der Waals surface area (Å²) in [4.78, 5) is 16.8. The zero-order chi connectivity index (χ0) is 16.4. The van der Waals surface area contributed by atoms with Crippen molar-refractivity contribution in [2.45, 2.75) is 13.8 Å². The van der Waals surface area contributed by atoms with E-state index in [1.54, 1.807) is 21.0 Å². The SMILES string of the molecule is COc1ccc(N2CCN(C(=O)c3c(C)noc3C)CC2)cc1. The van der Waals surface area contributed by atoms with Gasteiger partial charge in [-0.05, 0) is 38.1 Å². The predicted molar refractivity (Wildman–Crippen MR) is 87.1 cm³/mol. The highest BCUT2D eigenvalue weighted by atomic mass is 16.5. The molecule has 6 nitrogen and oxygen atoms in total. The van der Waals surface area contributed by atoms with Gasteiger partial charge >= 0.3 is 0 Å². The lowest BCUT2D eigenvalue weighted by atomic mass is 10.1. The maximum absolute atomic E-state index is 12.6. The Hall–Kier alpha value is -2.50. The van der Waals surface area contributed by atoms with E-state index in [1.807, 2.05) is 29.2 Å². The summed E-state index contributed by atoms with van der Waals surface area (Å²) in [6.07, 6.45) is 0. The first-order valence-electron chi connectivity index (χ1n) is 7.71. The van der Waals surface area contributed by atoms with Crippen molar-refractivity contribution in [2.24, 2.45) is 0 Å². The van der Waals surface area contributed by atoms with E-state index >= 15 is 0 Å². The topological polar surface area (TPSA) is 58.8 Å². The lowest BCUT2D eigenvalue weighted by Crippen LogP contribution is -2.49. The van der Waals surface area contributed by atoms with Crippen LogP contribution in [0.5, 0.6) is 5.75 Å². The fourth-order valence-corrected chi connectivity index (χ4v) is 2.91. The fraction of sp³-hybridized carbons (Fsp3) is 0.412. The van der Waals surface area contributed by atoms with Gasteiger partial charge in [-0.2, -0.15) is 0 Å². The van der Waals surface area contributed by atoms with Crippen LogP contribution in [0, 0.1) is 13.8 Å². The highest BCUT2D eigenvalue weighted by Gasteiger charge is 2.26. The zero-order valence-electron chi connectivity index (χ0n) is 13.7. The molecule has 2 aromatic rings. The summed E-state index contributed by atoms with van der Waals surface area (Å²) in [5.41, 5.74) is 2.41. The second-order valence-corrected chi connectivity index (χ2v) is 5.68. The van der Waals surface area contributed by atoms with Crippen molar-refractivity contribution in [3.8, 4) is 5.75 Å². The molecule has 0 aliphatic carbocycles. The van der Waals surface area contributed by atoms with Crippen LogP contribution in [0.4, 0.5) is 5.69 Å². The molecule has 0 N–H and O–H groups in total. The van der Waals surface area contributed by atoms with Crippen LogP contribution in [0.2, 0.25) is 0 Å². The normalized spacial score (nSPS) is 14.9. The number of rotatable bonds is 3. The number of nitrogens with zero attached hydrogens (tertiary/aromatic N) is 3. The number of aryl methyl sites for hydroxylation is 2. The first-order valence-corrected chi connectivity index (χ1v) is 7.71. The van der Waals surface area contributed by atoms with Crippen LogP contribution in [-0.2, 0) is 0 Å². The Balaban J connectivity index is 1.65. The quantitative estimate of drug-likeness (QED) is 0.869. The Labute approximate surface area is 135 Å². The molecule has 0 bridgehead atoms. The van der Waals surface area contributed by atoms with Crippen molar-refractivity contribution in [1.29, 1.82) is 0 Å². The van der Waals surface area contributed by atoms with Gasteiger partial charge in [0, 0.05) is 31.9 Å². The lowest BCUT2D eigenvalue weighted by molar-refractivity contribution is 0.0744. The van der Waals surface area contributed by atoms with Crippen LogP contribution >= 0.6 is 0 Å². The van der Waals surface area contributed by atoms with Crippen LogP contribution in [0.3, 0.4) is 0 Å². The highest BCUT2D eigenvalue weighted by molar-refractivity contribution is 5.96. The van der Waals surface area contributed by atoms with E-state index in [9.17, 15) is 4.79 Å². The van der Waals surface area contributed by atoms with Crippen LogP contribution in [0.1, 0.15) is 21.8 Å². The van der Waals surface area contributed by atoms with Crippen LogP contribution in [0.15, 0.2) is 28.8 Å². The second kappa shape index (κ2) is 6.32. The maximum atomic E-state index is 12.6. The van der Waals surface area contributed by atoms with Crippen LogP contribution in [0.25, 0.3) is 0 Å². The summed E-state index contributed by atoms with van der Waals surface area (Å²) >= 11 is 0. The van der Waals surface area contributed by atoms with E-state index < -0.39 is 0 Å². The molecule has 1 aliphatic heterocycles. The van der Waals surface area contributed by atoms with Crippen molar-refractivity contribution in [1.82, 2.24) is 10.1 Å². The molecule has 1 aromatic carbocycles. The summed E-state index contributed by atoms with van der Waals surface area (Å²) < 4.78 is 10.3. The molecule has 6 heteroatoms. The van der Waals surface area contributed by atoms with Crippen molar-refractivity contribution in [2.75, 3.05) is 38.2 Å². The Kier molecular flexibility index (Phi) is 4.23. The molecule has 2 heterocycles. The number of benzene rings is 1. The van der Waals surface area contributed by atoms with Gasteiger partial charge in [-0.15, -0.1) is 0 Å². The van der Waals surface area contributed by atoms with Gasteiger partial charge in [0.1, 0.15) is 17.1 Å². The minimum Gasteiger partial charge on any atom is -0.497 e. The number of hydrogen-bond acceptors (Lipinski definition) is 5. The third kappa shape index (κ3) is 3.02. The molecule has 1 fully saturated rings. The van der Waals surface area contributed by atoms with Gasteiger partial charge in [0.25, 0.3) is 5.91 Å². The summed E-state index contributed by atoms with van der Waals surface area (Å²) in [6.45, 7) is 6.57. The Morgan fingerprint density at radius 2 is 1.78 bits per heavy atom. The van der Waals surface area contributed by atoms with Gasteiger partial charge in [-0.1, -0.05) is 5.16 Å². The number of methoxy groups -OCH3 is 1. The van der Waals surface area contributed by atoms with Crippen LogP contribution < -0.4 is 9.64 Å². The predicted octanol–water partition coefficient (Wildman–Crippen LogP) is 2.26. The standard InChI is InChI=1S/C17H21N3O3/c1-12-16(13(2)23-18-12)17(21)20-10-8-19(9-11-20)14-4-6-15(22-3)7-5-14/h4-7H,8-11H2,1-3H3. The molecule has 1 amide bonds. The second-order valence-electron chi connectivity index (χ2n) is 5.68. The molecule has 1 aromatic heterocycles. The Morgan fingerprint density at radius 3 is 2.30 bits per heavy atom. The summed E-state index contributed by atoms with van der Waals surface area (Å²) in [5, 5.41) is 3.87. The number of hydrogen-bond donors (Lipinski definition) is 0. The van der Waals surface area contributed by atoms with E-state index in [4.69, 9.17) is 9.26 Å². The highest BCUT2D eigenvalue weighted by Crippen LogP contribution is 2.22. The molecule has 23 heavy (non-hydrogen) atoms. The van der Waals surface area contributed by atoms with Gasteiger partial charge in [0.2, 0.25) is 0 Å². The van der Waals surface area contributed by atoms with Gasteiger partial charge in [-0.3, -0.25) is 4.79 Å². The molecule has 1 saturated heterocycles. The maximum Gasteiger partial charge on any atom is 0.259 e. The van der Waals surface area contributed by atoms with Crippen molar-refractivity contribution in [3.05, 3.63) is 41.3 Å². The number of piperazine rings is 1. The molecule has 0 radical (unpaired) electrons. The molecule has 0 atom stereocenters. The number of ether oxygens (including phenoxy) is 1. The number of carbonyl (C=O) groups excluding carboxylic acids is 1. The van der Waals surface area contributed by atoms with E-state index in [0.29, 0.717) is 30.1 Å². The van der Waals surface area contributed by atoms with E-state index in [0.717, 1.165) is 24.5 Å². The molecule has 0 spiro atoms. The zero-order valence-corrected chi connectivity index (χ0v) is 13.7. The fourth-order valence-electron chi connectivity index (χ4n) is 2.91. The third-order valence-electron chi connectivity index (χ3n) is 4.25. The third-order valence-corrected chi connectivity index (χ3v) is 4.25. The monoisotopic (exact) mass is 315 g/mol. The summed E-state index contributed by atoms with van der Waals surface area (Å²) in [5.74, 6) is 1.45. The van der Waals surface area contributed by atoms with E-state index in [-0.39, 0.29) is 5.91 Å². The average molecular weight is 315 g/mol. The molecule has 3 rings (SSSR count). The van der Waals surface area contributed by atoms with Crippen molar-refractivity contribution >= 4 is 11.6 Å². The lowest BCUT2D eigenvalue weighted by Gasteiger charge is -2.36. The van der Waals surface area contributed by atoms with Gasteiger partial charge in [0.15, 0.2) is 0 Å². The van der Waals surface area contributed by atoms with Gasteiger partial charge < -0.3 is 19.1 Å². The Bertz CT molecular complexity index is 666. The largest absolute Gasteiger partial charge is 0.497 e. The number of anilines is 1. The molecular weight excluding hydrogens is 294 g/mol. The smallest absolute Gasteiger partial charge is 0.259 e. The molecule has 1 aliphatic rings. The van der Waals surface area contributed by atoms with Gasteiger partial charge in [-0.25, -0.2) is 0 Å². The van der Waals surface area contributed by atoms with Crippen LogP contribution in [-0.4, -0.2) is 49.3 Å².